The quantitative estimate of drug-likeness (QED) is 0.732. The number of sulfone groups is 1. The Morgan fingerprint density at radius 3 is 2.35 bits per heavy atom. The molecule has 0 amide bonds. The van der Waals surface area contributed by atoms with Crippen molar-refractivity contribution in [2.24, 2.45) is 11.1 Å². The molecular weight excluding hydrogens is 373 g/mol. The largest absolute Gasteiger partial charge is 0.393 e. The van der Waals surface area contributed by atoms with Crippen LogP contribution >= 0.6 is 12.2 Å². The highest BCUT2D eigenvalue weighted by Crippen LogP contribution is 2.64. The van der Waals surface area contributed by atoms with E-state index in [1.807, 2.05) is 6.92 Å². The molecule has 2 N–H and O–H groups in total. The first kappa shape index (κ1) is 18.9. The monoisotopic (exact) mass is 393 g/mol. The van der Waals surface area contributed by atoms with Crippen molar-refractivity contribution in [1.29, 1.82) is 0 Å². The van der Waals surface area contributed by atoms with E-state index in [0.29, 0.717) is 12.2 Å². The topological polar surface area (TPSA) is 69.4 Å². The fourth-order valence-corrected chi connectivity index (χ4v) is 6.36. The summed E-state index contributed by atoms with van der Waals surface area (Å²) in [6.07, 6.45) is 0. The third-order valence-electron chi connectivity index (χ3n) is 4.90. The minimum atomic E-state index is -3.70. The molecule has 0 bridgehead atoms. The van der Waals surface area contributed by atoms with Crippen molar-refractivity contribution < 1.29 is 17.5 Å². The number of rotatable bonds is 7. The van der Waals surface area contributed by atoms with E-state index in [9.17, 15) is 12.8 Å². The maximum Gasteiger partial charge on any atom is 0.182 e. The molecule has 0 aromatic heterocycles. The highest BCUT2D eigenvalue weighted by atomic mass is 32.2. The van der Waals surface area contributed by atoms with Crippen LogP contribution in [0.4, 0.5) is 4.39 Å². The van der Waals surface area contributed by atoms with E-state index in [2.05, 4.69) is 0 Å². The van der Waals surface area contributed by atoms with Gasteiger partial charge in [0.2, 0.25) is 0 Å². The summed E-state index contributed by atoms with van der Waals surface area (Å²) in [4.78, 5) is 0.316. The van der Waals surface area contributed by atoms with Crippen LogP contribution in [0.25, 0.3) is 0 Å². The first-order chi connectivity index (χ1) is 12.4. The first-order valence-corrected chi connectivity index (χ1v) is 10.2. The van der Waals surface area contributed by atoms with Crippen molar-refractivity contribution >= 4 is 27.0 Å². The van der Waals surface area contributed by atoms with Crippen LogP contribution < -0.4 is 5.73 Å². The Morgan fingerprint density at radius 1 is 1.19 bits per heavy atom. The molecule has 3 atom stereocenters. The van der Waals surface area contributed by atoms with Gasteiger partial charge in [0.05, 0.1) is 27.2 Å². The van der Waals surface area contributed by atoms with E-state index in [4.69, 9.17) is 22.7 Å². The summed E-state index contributed by atoms with van der Waals surface area (Å²) in [5, 5.41) is -0.841. The van der Waals surface area contributed by atoms with Crippen LogP contribution in [0, 0.1) is 11.2 Å². The molecule has 0 radical (unpaired) electrons. The van der Waals surface area contributed by atoms with E-state index >= 15 is 0 Å². The fraction of sp³-hybridized carbons (Fsp3) is 0.316. The molecular formula is C19H20FNO3S2. The summed E-state index contributed by atoms with van der Waals surface area (Å²) in [7, 11) is -3.70. The molecule has 1 aliphatic carbocycles. The van der Waals surface area contributed by atoms with Crippen molar-refractivity contribution in [3.05, 3.63) is 66.0 Å². The summed E-state index contributed by atoms with van der Waals surface area (Å²) >= 11 is 5.27. The second kappa shape index (κ2) is 7.06. The lowest BCUT2D eigenvalue weighted by Crippen LogP contribution is -2.33. The molecule has 2 aromatic rings. The Kier molecular flexibility index (Phi) is 5.14. The van der Waals surface area contributed by atoms with Gasteiger partial charge in [-0.05, 0) is 36.8 Å². The van der Waals surface area contributed by atoms with Gasteiger partial charge in [0.1, 0.15) is 5.82 Å². The molecule has 7 heteroatoms. The summed E-state index contributed by atoms with van der Waals surface area (Å²) in [5.74, 6) is -0.861. The zero-order chi connectivity index (χ0) is 18.9. The average molecular weight is 394 g/mol. The maximum atomic E-state index is 13.3. The molecule has 1 saturated carbocycles. The van der Waals surface area contributed by atoms with Gasteiger partial charge in [-0.3, -0.25) is 0 Å². The van der Waals surface area contributed by atoms with Crippen molar-refractivity contribution in [2.45, 2.75) is 23.0 Å². The molecule has 0 unspecified atom stereocenters. The van der Waals surface area contributed by atoms with Gasteiger partial charge >= 0.3 is 0 Å². The summed E-state index contributed by atoms with van der Waals surface area (Å²) in [5.41, 5.74) is 5.69. The number of halogens is 1. The van der Waals surface area contributed by atoms with E-state index in [-0.39, 0.29) is 22.3 Å². The van der Waals surface area contributed by atoms with Crippen molar-refractivity contribution in [2.75, 3.05) is 13.2 Å². The molecule has 1 aliphatic rings. The SMILES string of the molecule is CCOC[C@]1(C(N)=S)[C@H](c2ccc(F)cc2)[C@@H]1S(=O)(=O)c1ccccc1. The molecule has 0 saturated heterocycles. The van der Waals surface area contributed by atoms with Gasteiger partial charge in [-0.1, -0.05) is 42.5 Å². The number of benzene rings is 2. The zero-order valence-electron chi connectivity index (χ0n) is 14.3. The van der Waals surface area contributed by atoms with E-state index < -0.39 is 26.4 Å². The van der Waals surface area contributed by atoms with Crippen LogP contribution in [0.15, 0.2) is 59.5 Å². The Hall–Kier alpha value is -1.83. The van der Waals surface area contributed by atoms with E-state index in [1.54, 1.807) is 42.5 Å². The Bertz CT molecular complexity index is 900. The Morgan fingerprint density at radius 2 is 1.81 bits per heavy atom. The van der Waals surface area contributed by atoms with Crippen LogP contribution in [-0.2, 0) is 14.6 Å². The normalized spacial score (nSPS) is 25.0. The third kappa shape index (κ3) is 3.04. The van der Waals surface area contributed by atoms with Crippen LogP contribution in [-0.4, -0.2) is 31.9 Å². The molecule has 0 aliphatic heterocycles. The molecule has 138 valence electrons. The summed E-state index contributed by atoms with van der Waals surface area (Å²) in [6.45, 7) is 2.35. The number of thiocarbonyl (C=S) groups is 1. The van der Waals surface area contributed by atoms with E-state index in [1.165, 1.54) is 12.1 Å². The second-order valence-electron chi connectivity index (χ2n) is 6.35. The molecule has 1 fully saturated rings. The Labute approximate surface area is 158 Å². The van der Waals surface area contributed by atoms with Crippen molar-refractivity contribution in [3.8, 4) is 0 Å². The lowest BCUT2D eigenvalue weighted by atomic mass is 10.00. The molecule has 3 rings (SSSR count). The van der Waals surface area contributed by atoms with Crippen molar-refractivity contribution in [1.82, 2.24) is 0 Å². The highest BCUT2D eigenvalue weighted by Gasteiger charge is 2.73. The summed E-state index contributed by atoms with van der Waals surface area (Å²) in [6, 6.07) is 14.0. The lowest BCUT2D eigenvalue weighted by molar-refractivity contribution is 0.121. The van der Waals surface area contributed by atoms with Crippen LogP contribution in [0.1, 0.15) is 18.4 Å². The van der Waals surface area contributed by atoms with Gasteiger partial charge in [-0.25, -0.2) is 12.8 Å². The average Bonchev–Trinajstić information content (AvgIpc) is 3.33. The molecule has 0 heterocycles. The third-order valence-corrected chi connectivity index (χ3v) is 7.57. The van der Waals surface area contributed by atoms with Gasteiger partial charge in [-0.2, -0.15) is 0 Å². The fourth-order valence-electron chi connectivity index (χ4n) is 3.57. The van der Waals surface area contributed by atoms with Crippen LogP contribution in [0.3, 0.4) is 0 Å². The van der Waals surface area contributed by atoms with Crippen LogP contribution in [0.5, 0.6) is 0 Å². The minimum absolute atomic E-state index is 0.102. The van der Waals surface area contributed by atoms with E-state index in [0.717, 1.165) is 0 Å². The van der Waals surface area contributed by atoms with Gasteiger partial charge in [0.25, 0.3) is 0 Å². The predicted octanol–water partition coefficient (Wildman–Crippen LogP) is 3.07. The molecule has 4 nitrogen and oxygen atoms in total. The standard InChI is InChI=1S/C19H20FNO3S2/c1-2-24-12-19(18(21)25)16(13-8-10-14(20)11-9-13)17(19)26(22,23)15-6-4-3-5-7-15/h3-11,16-17H,2,12H2,1H3,(H2,21,25)/t16-,17+,19+/m1/s1. The highest BCUT2D eigenvalue weighted by molar-refractivity contribution is 7.92. The maximum absolute atomic E-state index is 13.3. The Balaban J connectivity index is 2.10. The smallest absolute Gasteiger partial charge is 0.182 e. The number of hydrogen-bond acceptors (Lipinski definition) is 4. The lowest BCUT2D eigenvalue weighted by Gasteiger charge is -2.17. The number of hydrogen-bond donors (Lipinski definition) is 1. The number of nitrogens with two attached hydrogens (primary N) is 1. The second-order valence-corrected chi connectivity index (χ2v) is 8.86. The van der Waals surface area contributed by atoms with Crippen LogP contribution in [0.2, 0.25) is 0 Å². The number of ether oxygens (including phenoxy) is 1. The minimum Gasteiger partial charge on any atom is -0.393 e. The van der Waals surface area contributed by atoms with Crippen molar-refractivity contribution in [3.63, 3.8) is 0 Å². The van der Waals surface area contributed by atoms with Gasteiger partial charge < -0.3 is 10.5 Å². The van der Waals surface area contributed by atoms with Gasteiger partial charge in [0.15, 0.2) is 9.84 Å². The predicted molar refractivity (Wildman–Crippen MR) is 102 cm³/mol. The zero-order valence-corrected chi connectivity index (χ0v) is 15.9. The van der Waals surface area contributed by atoms with Gasteiger partial charge in [-0.15, -0.1) is 0 Å². The van der Waals surface area contributed by atoms with Gasteiger partial charge in [0, 0.05) is 12.5 Å². The first-order valence-electron chi connectivity index (χ1n) is 8.27. The molecule has 26 heavy (non-hydrogen) atoms. The summed E-state index contributed by atoms with van der Waals surface area (Å²) < 4.78 is 45.4. The molecule has 0 spiro atoms. The molecule has 2 aromatic carbocycles.